The number of carbonyl (C=O) groups excluding carboxylic acids is 1. The molecule has 0 amide bonds. The zero-order valence-corrected chi connectivity index (χ0v) is 16.7. The van der Waals surface area contributed by atoms with Gasteiger partial charge < -0.3 is 10.5 Å². The predicted octanol–water partition coefficient (Wildman–Crippen LogP) is 5.65. The number of hydrogen-bond acceptors (Lipinski definition) is 5. The second-order valence-electron chi connectivity index (χ2n) is 6.37. The van der Waals surface area contributed by atoms with E-state index in [0.717, 1.165) is 0 Å². The van der Waals surface area contributed by atoms with Crippen LogP contribution in [-0.4, -0.2) is 17.5 Å². The van der Waals surface area contributed by atoms with Crippen molar-refractivity contribution < 1.29 is 14.5 Å². The minimum absolute atomic E-state index is 0.0296. The Bertz CT molecular complexity index is 1100. The van der Waals surface area contributed by atoms with Crippen LogP contribution in [0.3, 0.4) is 0 Å². The minimum atomic E-state index is -0.717. The molecular formula is C22H19ClN2O4. The molecule has 0 spiro atoms. The topological polar surface area (TPSA) is 95.5 Å². The average molecular weight is 411 g/mol. The third kappa shape index (κ3) is 3.79. The van der Waals surface area contributed by atoms with E-state index in [1.165, 1.54) is 0 Å². The zero-order valence-electron chi connectivity index (χ0n) is 15.9. The van der Waals surface area contributed by atoms with Crippen LogP contribution in [0.5, 0.6) is 0 Å². The Hall–Kier alpha value is -3.38. The predicted molar refractivity (Wildman–Crippen MR) is 114 cm³/mol. The molecule has 0 aliphatic heterocycles. The molecule has 3 rings (SSSR count). The summed E-state index contributed by atoms with van der Waals surface area (Å²) in [7, 11) is 0. The fraction of sp³-hybridized carbons (Fsp3) is 0.136. The Morgan fingerprint density at radius 3 is 2.34 bits per heavy atom. The quantitative estimate of drug-likeness (QED) is 0.254. The third-order valence-corrected chi connectivity index (χ3v) is 4.83. The lowest BCUT2D eigenvalue weighted by Crippen LogP contribution is -2.14. The van der Waals surface area contributed by atoms with Gasteiger partial charge in [-0.3, -0.25) is 10.1 Å². The molecule has 3 aromatic rings. The fourth-order valence-corrected chi connectivity index (χ4v) is 3.64. The van der Waals surface area contributed by atoms with E-state index < -0.39 is 10.9 Å². The van der Waals surface area contributed by atoms with Gasteiger partial charge in [0, 0.05) is 10.6 Å². The van der Waals surface area contributed by atoms with Gasteiger partial charge in [0.15, 0.2) is 0 Å². The number of carbonyl (C=O) groups is 1. The van der Waals surface area contributed by atoms with Crippen LogP contribution in [-0.2, 0) is 4.74 Å². The maximum absolute atomic E-state index is 12.8. The number of anilines is 1. The van der Waals surface area contributed by atoms with Gasteiger partial charge >= 0.3 is 11.7 Å². The molecule has 0 fully saturated rings. The normalized spacial score (nSPS) is 10.6. The zero-order chi connectivity index (χ0) is 21.1. The van der Waals surface area contributed by atoms with Crippen molar-refractivity contribution in [2.75, 3.05) is 12.3 Å². The first-order valence-corrected chi connectivity index (χ1v) is 9.33. The standard InChI is InChI=1S/C22H19ClN2O4/c1-3-29-22(26)19-17(15-10-7-11-16(23)12-15)13(2)18(14-8-5-4-6-9-14)21(20(19)24)25(27)28/h4-12H,3,24H2,1-2H3. The van der Waals surface area contributed by atoms with E-state index in [-0.39, 0.29) is 23.5 Å². The molecule has 0 saturated carbocycles. The van der Waals surface area contributed by atoms with E-state index in [4.69, 9.17) is 22.1 Å². The van der Waals surface area contributed by atoms with Crippen LogP contribution in [0, 0.1) is 17.0 Å². The monoisotopic (exact) mass is 410 g/mol. The second-order valence-corrected chi connectivity index (χ2v) is 6.80. The largest absolute Gasteiger partial charge is 0.462 e. The summed E-state index contributed by atoms with van der Waals surface area (Å²) >= 11 is 6.16. The summed E-state index contributed by atoms with van der Waals surface area (Å²) in [6.07, 6.45) is 0. The molecule has 7 heteroatoms. The molecule has 2 N–H and O–H groups in total. The van der Waals surface area contributed by atoms with E-state index in [1.54, 1.807) is 62.4 Å². The molecule has 0 aromatic heterocycles. The van der Waals surface area contributed by atoms with Crippen molar-refractivity contribution in [2.45, 2.75) is 13.8 Å². The first kappa shape index (κ1) is 20.4. The molecule has 0 aliphatic carbocycles. The van der Waals surface area contributed by atoms with E-state index >= 15 is 0 Å². The fourth-order valence-electron chi connectivity index (χ4n) is 3.45. The first-order chi connectivity index (χ1) is 13.9. The molecule has 29 heavy (non-hydrogen) atoms. The highest BCUT2D eigenvalue weighted by molar-refractivity contribution is 6.31. The molecule has 0 bridgehead atoms. The number of nitrogens with two attached hydrogens (primary N) is 1. The highest BCUT2D eigenvalue weighted by Gasteiger charge is 2.32. The number of rotatable bonds is 5. The number of halogens is 1. The lowest BCUT2D eigenvalue weighted by atomic mass is 9.86. The number of nitro groups is 1. The van der Waals surface area contributed by atoms with Crippen molar-refractivity contribution in [2.24, 2.45) is 0 Å². The van der Waals surface area contributed by atoms with Crippen molar-refractivity contribution in [1.82, 2.24) is 0 Å². The molecule has 0 radical (unpaired) electrons. The van der Waals surface area contributed by atoms with E-state index in [2.05, 4.69) is 0 Å². The van der Waals surface area contributed by atoms with Gasteiger partial charge in [0.2, 0.25) is 0 Å². The maximum Gasteiger partial charge on any atom is 0.341 e. The van der Waals surface area contributed by atoms with Crippen LogP contribution < -0.4 is 5.73 Å². The Morgan fingerprint density at radius 2 is 1.76 bits per heavy atom. The summed E-state index contributed by atoms with van der Waals surface area (Å²) in [6.45, 7) is 3.50. The Morgan fingerprint density at radius 1 is 1.10 bits per heavy atom. The number of nitro benzene ring substituents is 1. The summed E-state index contributed by atoms with van der Waals surface area (Å²) < 4.78 is 5.16. The molecular weight excluding hydrogens is 392 g/mol. The third-order valence-electron chi connectivity index (χ3n) is 4.60. The second kappa shape index (κ2) is 8.32. The van der Waals surface area contributed by atoms with Crippen molar-refractivity contribution in [3.8, 4) is 22.3 Å². The van der Waals surface area contributed by atoms with Crippen LogP contribution in [0.1, 0.15) is 22.8 Å². The van der Waals surface area contributed by atoms with Gasteiger partial charge in [-0.25, -0.2) is 4.79 Å². The van der Waals surface area contributed by atoms with Gasteiger partial charge in [-0.1, -0.05) is 54.1 Å². The number of ether oxygens (including phenoxy) is 1. The highest BCUT2D eigenvalue weighted by atomic mass is 35.5. The maximum atomic E-state index is 12.8. The van der Waals surface area contributed by atoms with Gasteiger partial charge in [-0.2, -0.15) is 0 Å². The lowest BCUT2D eigenvalue weighted by molar-refractivity contribution is -0.383. The molecule has 6 nitrogen and oxygen atoms in total. The lowest BCUT2D eigenvalue weighted by Gasteiger charge is -2.19. The van der Waals surface area contributed by atoms with Crippen LogP contribution >= 0.6 is 11.6 Å². The minimum Gasteiger partial charge on any atom is -0.462 e. The molecule has 0 saturated heterocycles. The number of nitrogens with zero attached hydrogens (tertiary/aromatic N) is 1. The van der Waals surface area contributed by atoms with Crippen LogP contribution in [0.2, 0.25) is 5.02 Å². The van der Waals surface area contributed by atoms with Gasteiger partial charge in [-0.05, 0) is 42.7 Å². The molecule has 0 atom stereocenters. The SMILES string of the molecule is CCOC(=O)c1c(N)c([N+](=O)[O-])c(-c2ccccc2)c(C)c1-c1cccc(Cl)c1. The van der Waals surface area contributed by atoms with Gasteiger partial charge in [0.1, 0.15) is 5.69 Å². The molecule has 0 aliphatic rings. The van der Waals surface area contributed by atoms with Crippen LogP contribution in [0.15, 0.2) is 54.6 Å². The smallest absolute Gasteiger partial charge is 0.341 e. The Balaban J connectivity index is 2.49. The van der Waals surface area contributed by atoms with Gasteiger partial charge in [0.25, 0.3) is 0 Å². The molecule has 148 valence electrons. The number of nitrogen functional groups attached to an aromatic ring is 1. The number of esters is 1. The average Bonchev–Trinajstić information content (AvgIpc) is 2.69. The van der Waals surface area contributed by atoms with Crippen molar-refractivity contribution >= 4 is 28.9 Å². The van der Waals surface area contributed by atoms with Crippen molar-refractivity contribution in [3.05, 3.63) is 80.9 Å². The first-order valence-electron chi connectivity index (χ1n) is 8.95. The van der Waals surface area contributed by atoms with E-state index in [1.807, 2.05) is 6.07 Å². The van der Waals surface area contributed by atoms with Crippen molar-refractivity contribution in [1.29, 1.82) is 0 Å². The highest BCUT2D eigenvalue weighted by Crippen LogP contribution is 2.46. The Kier molecular flexibility index (Phi) is 5.84. The summed E-state index contributed by atoms with van der Waals surface area (Å²) in [6, 6.07) is 15.8. The van der Waals surface area contributed by atoms with Crippen molar-refractivity contribution in [3.63, 3.8) is 0 Å². The van der Waals surface area contributed by atoms with Crippen LogP contribution in [0.4, 0.5) is 11.4 Å². The molecule has 0 heterocycles. The van der Waals surface area contributed by atoms with E-state index in [9.17, 15) is 14.9 Å². The summed E-state index contributed by atoms with van der Waals surface area (Å²) in [4.78, 5) is 24.2. The molecule has 3 aromatic carbocycles. The van der Waals surface area contributed by atoms with E-state index in [0.29, 0.717) is 32.8 Å². The summed E-state index contributed by atoms with van der Waals surface area (Å²) in [5.74, 6) is -0.717. The van der Waals surface area contributed by atoms with Gasteiger partial charge in [-0.15, -0.1) is 0 Å². The summed E-state index contributed by atoms with van der Waals surface area (Å²) in [5, 5.41) is 12.4. The molecule has 0 unspecified atom stereocenters. The summed E-state index contributed by atoms with van der Waals surface area (Å²) in [5.41, 5.74) is 8.26. The van der Waals surface area contributed by atoms with Gasteiger partial charge in [0.05, 0.1) is 22.7 Å². The number of benzene rings is 3. The Labute approximate surface area is 173 Å². The number of hydrogen-bond donors (Lipinski definition) is 1. The van der Waals surface area contributed by atoms with Crippen LogP contribution in [0.25, 0.3) is 22.3 Å².